The van der Waals surface area contributed by atoms with Crippen molar-refractivity contribution in [2.75, 3.05) is 25.0 Å². The summed E-state index contributed by atoms with van der Waals surface area (Å²) < 4.78 is 27.7. The number of nitrogens with zero attached hydrogens (tertiary/aromatic N) is 2. The molecule has 2 aromatic rings. The van der Waals surface area contributed by atoms with Crippen LogP contribution in [-0.2, 0) is 25.2 Å². The Balaban J connectivity index is 1.43. The van der Waals surface area contributed by atoms with E-state index >= 15 is 0 Å². The minimum absolute atomic E-state index is 0.159. The molecule has 2 aromatic carbocycles. The number of amides is 4. The Hall–Kier alpha value is -3.24. The Labute approximate surface area is 211 Å². The Morgan fingerprint density at radius 2 is 1.64 bits per heavy atom. The van der Waals surface area contributed by atoms with Gasteiger partial charge in [0.05, 0.1) is 4.90 Å². The fourth-order valence-corrected chi connectivity index (χ4v) is 6.82. The van der Waals surface area contributed by atoms with Crippen molar-refractivity contribution in [2.45, 2.75) is 44.0 Å². The number of urea groups is 1. The number of benzene rings is 2. The molecule has 10 heteroatoms. The van der Waals surface area contributed by atoms with Gasteiger partial charge >= 0.3 is 6.03 Å². The van der Waals surface area contributed by atoms with Gasteiger partial charge < -0.3 is 10.6 Å². The molecule has 36 heavy (non-hydrogen) atoms. The normalized spacial score (nSPS) is 25.0. The molecular formula is C26H32N4O5S. The number of hydrogen-bond donors (Lipinski definition) is 2. The molecular weight excluding hydrogens is 480 g/mol. The summed E-state index contributed by atoms with van der Waals surface area (Å²) in [7, 11) is -3.63. The third-order valence-corrected chi connectivity index (χ3v) is 8.73. The summed E-state index contributed by atoms with van der Waals surface area (Å²) in [4.78, 5) is 39.6. The van der Waals surface area contributed by atoms with Gasteiger partial charge in [0.2, 0.25) is 15.9 Å². The summed E-state index contributed by atoms with van der Waals surface area (Å²) in [6.07, 6.45) is 1.34. The zero-order chi connectivity index (χ0) is 26.1. The molecule has 3 atom stereocenters. The van der Waals surface area contributed by atoms with E-state index in [0.29, 0.717) is 42.6 Å². The van der Waals surface area contributed by atoms with E-state index in [9.17, 15) is 22.8 Å². The number of piperidine rings is 1. The van der Waals surface area contributed by atoms with Crippen molar-refractivity contribution >= 4 is 33.6 Å². The third-order valence-electron chi connectivity index (χ3n) is 6.89. The van der Waals surface area contributed by atoms with Crippen molar-refractivity contribution in [3.63, 3.8) is 0 Å². The van der Waals surface area contributed by atoms with Crippen LogP contribution in [0.25, 0.3) is 0 Å². The molecule has 192 valence electrons. The van der Waals surface area contributed by atoms with Crippen molar-refractivity contribution in [3.05, 3.63) is 60.2 Å². The fraction of sp³-hybridized carbons (Fsp3) is 0.423. The second kappa shape index (κ2) is 10.0. The fourth-order valence-electron chi connectivity index (χ4n) is 5.14. The van der Waals surface area contributed by atoms with Crippen LogP contribution in [0.1, 0.15) is 39.2 Å². The largest absolute Gasteiger partial charge is 0.325 e. The van der Waals surface area contributed by atoms with Gasteiger partial charge in [-0.15, -0.1) is 0 Å². The van der Waals surface area contributed by atoms with E-state index in [0.717, 1.165) is 11.3 Å². The van der Waals surface area contributed by atoms with Crippen LogP contribution in [0.15, 0.2) is 59.5 Å². The highest BCUT2D eigenvalue weighted by molar-refractivity contribution is 7.89. The Morgan fingerprint density at radius 1 is 1.03 bits per heavy atom. The Bertz CT molecular complexity index is 1240. The summed E-state index contributed by atoms with van der Waals surface area (Å²) in [5.74, 6) is -0.461. The highest BCUT2D eigenvalue weighted by Gasteiger charge is 2.51. The number of carbonyl (C=O) groups is 3. The number of hydrogen-bond acceptors (Lipinski definition) is 5. The van der Waals surface area contributed by atoms with Gasteiger partial charge in [-0.25, -0.2) is 13.2 Å². The monoisotopic (exact) mass is 512 g/mol. The molecule has 9 nitrogen and oxygen atoms in total. The van der Waals surface area contributed by atoms with Gasteiger partial charge in [0.1, 0.15) is 12.1 Å². The molecule has 2 saturated heterocycles. The second-order valence-corrected chi connectivity index (χ2v) is 11.7. The van der Waals surface area contributed by atoms with Gasteiger partial charge in [0, 0.05) is 18.8 Å². The van der Waals surface area contributed by atoms with Crippen molar-refractivity contribution in [2.24, 2.45) is 11.8 Å². The first-order valence-corrected chi connectivity index (χ1v) is 13.6. The highest BCUT2D eigenvalue weighted by Crippen LogP contribution is 2.32. The molecule has 0 radical (unpaired) electrons. The molecule has 0 bridgehead atoms. The number of rotatable bonds is 7. The van der Waals surface area contributed by atoms with Crippen LogP contribution < -0.4 is 10.6 Å². The molecule has 2 N–H and O–H groups in total. The SMILES string of the molecule is CC[C@]1(c2ccccc2)NC(=O)N(CC(=O)Nc2ccc(S(=O)(=O)N3C[C@H](C)C[C@@H](C)C3)cc2)C1=O. The first-order chi connectivity index (χ1) is 17.1. The molecule has 2 aliphatic heterocycles. The molecule has 4 amide bonds. The third kappa shape index (κ3) is 4.87. The lowest BCUT2D eigenvalue weighted by molar-refractivity contribution is -0.134. The summed E-state index contributed by atoms with van der Waals surface area (Å²) >= 11 is 0. The molecule has 0 aliphatic carbocycles. The molecule has 0 spiro atoms. The maximum atomic E-state index is 13.2. The van der Waals surface area contributed by atoms with E-state index in [1.807, 2.05) is 19.9 Å². The number of imide groups is 1. The van der Waals surface area contributed by atoms with Crippen LogP contribution in [0.2, 0.25) is 0 Å². The minimum Gasteiger partial charge on any atom is -0.325 e. The lowest BCUT2D eigenvalue weighted by Gasteiger charge is -2.34. The van der Waals surface area contributed by atoms with Crippen LogP contribution in [-0.4, -0.2) is 55.1 Å². The number of anilines is 1. The van der Waals surface area contributed by atoms with E-state index in [2.05, 4.69) is 10.6 Å². The number of carbonyl (C=O) groups excluding carboxylic acids is 3. The molecule has 2 fully saturated rings. The predicted octanol–water partition coefficient (Wildman–Crippen LogP) is 3.15. The molecule has 0 aromatic heterocycles. The molecule has 2 heterocycles. The van der Waals surface area contributed by atoms with Gasteiger partial charge in [-0.05, 0) is 54.5 Å². The van der Waals surface area contributed by atoms with Crippen molar-refractivity contribution < 1.29 is 22.8 Å². The van der Waals surface area contributed by atoms with Crippen LogP contribution >= 0.6 is 0 Å². The Kier molecular flexibility index (Phi) is 7.19. The van der Waals surface area contributed by atoms with E-state index < -0.39 is 40.0 Å². The van der Waals surface area contributed by atoms with Gasteiger partial charge in [-0.3, -0.25) is 14.5 Å². The van der Waals surface area contributed by atoms with Crippen LogP contribution in [0.3, 0.4) is 0 Å². The van der Waals surface area contributed by atoms with E-state index in [1.54, 1.807) is 31.2 Å². The molecule has 2 aliphatic rings. The minimum atomic E-state index is -3.63. The summed E-state index contributed by atoms with van der Waals surface area (Å²) in [5, 5.41) is 5.40. The van der Waals surface area contributed by atoms with Crippen molar-refractivity contribution in [1.82, 2.24) is 14.5 Å². The van der Waals surface area contributed by atoms with E-state index in [-0.39, 0.29) is 4.90 Å². The second-order valence-electron chi connectivity index (χ2n) is 9.79. The molecule has 0 saturated carbocycles. The van der Waals surface area contributed by atoms with Crippen LogP contribution in [0.4, 0.5) is 10.5 Å². The summed E-state index contributed by atoms with van der Waals surface area (Å²) in [5.41, 5.74) is -0.183. The van der Waals surface area contributed by atoms with Crippen LogP contribution in [0.5, 0.6) is 0 Å². The maximum Gasteiger partial charge on any atom is 0.325 e. The van der Waals surface area contributed by atoms with Gasteiger partial charge in [-0.2, -0.15) is 4.31 Å². The summed E-state index contributed by atoms with van der Waals surface area (Å²) in [6.45, 7) is 6.41. The van der Waals surface area contributed by atoms with Crippen molar-refractivity contribution in [3.8, 4) is 0 Å². The Morgan fingerprint density at radius 3 is 2.22 bits per heavy atom. The zero-order valence-corrected chi connectivity index (χ0v) is 21.5. The highest BCUT2D eigenvalue weighted by atomic mass is 32.2. The molecule has 4 rings (SSSR count). The smallest absolute Gasteiger partial charge is 0.325 e. The van der Waals surface area contributed by atoms with Crippen molar-refractivity contribution in [1.29, 1.82) is 0 Å². The average Bonchev–Trinajstić information content (AvgIpc) is 3.09. The first kappa shape index (κ1) is 25.8. The van der Waals surface area contributed by atoms with Gasteiger partial charge in [-0.1, -0.05) is 51.1 Å². The van der Waals surface area contributed by atoms with Crippen LogP contribution in [0, 0.1) is 11.8 Å². The standard InChI is InChI=1S/C26H32N4O5S/c1-4-26(20-8-6-5-7-9-20)24(32)30(25(33)28-26)17-23(31)27-21-10-12-22(13-11-21)36(34,35)29-15-18(2)14-19(3)16-29/h5-13,18-19H,4,14-17H2,1-3H3,(H,27,31)(H,28,33)/t18-,19-,26-/m1/s1. The maximum absolute atomic E-state index is 13.2. The predicted molar refractivity (Wildman–Crippen MR) is 135 cm³/mol. The average molecular weight is 513 g/mol. The zero-order valence-electron chi connectivity index (χ0n) is 20.7. The van der Waals surface area contributed by atoms with E-state index in [1.165, 1.54) is 28.6 Å². The first-order valence-electron chi connectivity index (χ1n) is 12.2. The van der Waals surface area contributed by atoms with Gasteiger partial charge in [0.25, 0.3) is 5.91 Å². The number of nitrogens with one attached hydrogen (secondary N) is 2. The molecule has 0 unspecified atom stereocenters. The number of sulfonamides is 1. The quantitative estimate of drug-likeness (QED) is 0.553. The summed E-state index contributed by atoms with van der Waals surface area (Å²) in [6, 6.07) is 14.2. The lowest BCUT2D eigenvalue weighted by atomic mass is 9.87. The topological polar surface area (TPSA) is 116 Å². The van der Waals surface area contributed by atoms with E-state index in [4.69, 9.17) is 0 Å². The van der Waals surface area contributed by atoms with Gasteiger partial charge in [0.15, 0.2) is 0 Å². The lowest BCUT2D eigenvalue weighted by Crippen LogP contribution is -2.44.